The van der Waals surface area contributed by atoms with Gasteiger partial charge in [0.1, 0.15) is 11.6 Å². The van der Waals surface area contributed by atoms with Crippen molar-refractivity contribution in [3.63, 3.8) is 0 Å². The Morgan fingerprint density at radius 2 is 1.77 bits per heavy atom. The number of rotatable bonds is 3. The Balaban J connectivity index is 1.65. The molecule has 3 aromatic carbocycles. The average Bonchev–Trinajstić information content (AvgIpc) is 3.32. The molecule has 5 nitrogen and oxygen atoms in total. The van der Waals surface area contributed by atoms with Crippen LogP contribution in [0.3, 0.4) is 0 Å². The van der Waals surface area contributed by atoms with Gasteiger partial charge in [0, 0.05) is 16.5 Å². The third kappa shape index (κ3) is 2.97. The smallest absolute Gasteiger partial charge is 0.244 e. The zero-order valence-electron chi connectivity index (χ0n) is 16.3. The second kappa shape index (κ2) is 7.39. The lowest BCUT2D eigenvalue weighted by atomic mass is 9.93. The van der Waals surface area contributed by atoms with E-state index in [0.29, 0.717) is 17.0 Å². The highest BCUT2D eigenvalue weighted by Gasteiger charge is 2.45. The largest absolute Gasteiger partial charge is 0.497 e. The molecule has 0 spiro atoms. The van der Waals surface area contributed by atoms with E-state index >= 15 is 0 Å². The van der Waals surface area contributed by atoms with Crippen LogP contribution in [0.15, 0.2) is 94.4 Å². The van der Waals surface area contributed by atoms with Crippen LogP contribution in [0.2, 0.25) is 0 Å². The first-order chi connectivity index (χ1) is 14.7. The fourth-order valence-corrected chi connectivity index (χ4v) is 4.94. The first-order valence-electron chi connectivity index (χ1n) is 9.57. The van der Waals surface area contributed by atoms with Crippen molar-refractivity contribution in [1.29, 1.82) is 5.41 Å². The minimum atomic E-state index is -0.547. The maximum atomic E-state index is 13.6. The number of para-hydroxylation sites is 1. The quantitative estimate of drug-likeness (QED) is 0.617. The normalized spacial score (nSPS) is 20.3. The number of ether oxygens (including phenoxy) is 1. The number of amides is 1. The number of amidine groups is 1. The van der Waals surface area contributed by atoms with Crippen molar-refractivity contribution < 1.29 is 9.53 Å². The Kier molecular flexibility index (Phi) is 4.56. The number of thioether (sulfide) groups is 1. The van der Waals surface area contributed by atoms with Crippen LogP contribution in [0.1, 0.15) is 11.5 Å². The van der Waals surface area contributed by atoms with Gasteiger partial charge in [-0.15, -0.1) is 0 Å². The van der Waals surface area contributed by atoms with Crippen LogP contribution in [-0.4, -0.2) is 18.9 Å². The molecule has 2 aliphatic rings. The van der Waals surface area contributed by atoms with Crippen molar-refractivity contribution in [2.24, 2.45) is 0 Å². The van der Waals surface area contributed by atoms with E-state index in [1.54, 1.807) is 24.9 Å². The molecule has 1 fully saturated rings. The lowest BCUT2D eigenvalue weighted by Crippen LogP contribution is -2.29. The van der Waals surface area contributed by atoms with Crippen molar-refractivity contribution in [3.8, 4) is 5.75 Å². The molecule has 0 aromatic heterocycles. The van der Waals surface area contributed by atoms with Gasteiger partial charge < -0.3 is 10.1 Å². The van der Waals surface area contributed by atoms with E-state index in [4.69, 9.17) is 10.1 Å². The summed E-state index contributed by atoms with van der Waals surface area (Å²) in [4.78, 5) is 16.2. The van der Waals surface area contributed by atoms with Crippen LogP contribution < -0.4 is 15.0 Å². The van der Waals surface area contributed by atoms with Crippen molar-refractivity contribution in [2.45, 2.75) is 10.8 Å². The highest BCUT2D eigenvalue weighted by molar-refractivity contribution is 8.03. The second-order valence-corrected chi connectivity index (χ2v) is 8.09. The molecule has 0 radical (unpaired) electrons. The molecule has 1 atom stereocenters. The predicted molar refractivity (Wildman–Crippen MR) is 120 cm³/mol. The van der Waals surface area contributed by atoms with Gasteiger partial charge in [-0.3, -0.25) is 15.1 Å². The van der Waals surface area contributed by atoms with Gasteiger partial charge in [-0.1, -0.05) is 60.3 Å². The third-order valence-corrected chi connectivity index (χ3v) is 6.37. The number of nitrogens with zero attached hydrogens (tertiary/aromatic N) is 1. The summed E-state index contributed by atoms with van der Waals surface area (Å²) in [5, 5.41) is 13.2. The second-order valence-electron chi connectivity index (χ2n) is 7.03. The lowest BCUT2D eigenvalue weighted by Gasteiger charge is -2.17. The molecule has 3 aromatic rings. The Bertz CT molecular complexity index is 1160. The molecule has 5 rings (SSSR count). The average molecular weight is 414 g/mol. The molecule has 0 bridgehead atoms. The maximum Gasteiger partial charge on any atom is 0.244 e. The van der Waals surface area contributed by atoms with E-state index in [1.165, 1.54) is 4.90 Å². The van der Waals surface area contributed by atoms with Gasteiger partial charge in [0.15, 0.2) is 0 Å². The topological polar surface area (TPSA) is 65.4 Å². The molecule has 0 saturated carbocycles. The maximum absolute atomic E-state index is 13.6. The number of carbonyl (C=O) groups is 1. The lowest BCUT2D eigenvalue weighted by molar-refractivity contribution is -0.117. The molecule has 1 amide bonds. The summed E-state index contributed by atoms with van der Waals surface area (Å²) in [6, 6.07) is 24.9. The Hall–Kier alpha value is -3.51. The van der Waals surface area contributed by atoms with Crippen LogP contribution in [0, 0.1) is 5.41 Å². The highest BCUT2D eigenvalue weighted by atomic mass is 32.2. The molecule has 2 heterocycles. The van der Waals surface area contributed by atoms with Crippen LogP contribution in [0.25, 0.3) is 0 Å². The molecule has 2 aliphatic heterocycles. The summed E-state index contributed by atoms with van der Waals surface area (Å²) in [6.07, 6.45) is 0. The van der Waals surface area contributed by atoms with Crippen LogP contribution >= 0.6 is 11.8 Å². The molecule has 148 valence electrons. The van der Waals surface area contributed by atoms with Crippen LogP contribution in [0.4, 0.5) is 11.4 Å². The van der Waals surface area contributed by atoms with Gasteiger partial charge >= 0.3 is 0 Å². The number of methoxy groups -OCH3 is 1. The van der Waals surface area contributed by atoms with Crippen molar-refractivity contribution in [1.82, 2.24) is 0 Å². The molecular formula is C24H19N3O2S. The molecule has 1 saturated heterocycles. The highest BCUT2D eigenvalue weighted by Crippen LogP contribution is 2.48. The van der Waals surface area contributed by atoms with Gasteiger partial charge in [0.2, 0.25) is 5.91 Å². The zero-order valence-corrected chi connectivity index (χ0v) is 17.1. The van der Waals surface area contributed by atoms with E-state index in [2.05, 4.69) is 5.32 Å². The van der Waals surface area contributed by atoms with E-state index < -0.39 is 5.92 Å². The molecule has 0 aliphatic carbocycles. The van der Waals surface area contributed by atoms with Gasteiger partial charge in [-0.25, -0.2) is 0 Å². The fraction of sp³-hybridized carbons (Fsp3) is 0.0833. The molecule has 30 heavy (non-hydrogen) atoms. The summed E-state index contributed by atoms with van der Waals surface area (Å²) >= 11 is 1.57. The molecular weight excluding hydrogens is 394 g/mol. The Morgan fingerprint density at radius 1 is 1.00 bits per heavy atom. The van der Waals surface area contributed by atoms with E-state index in [0.717, 1.165) is 21.2 Å². The van der Waals surface area contributed by atoms with Crippen LogP contribution in [0.5, 0.6) is 5.75 Å². The minimum Gasteiger partial charge on any atom is -0.497 e. The van der Waals surface area contributed by atoms with Crippen molar-refractivity contribution in [2.75, 3.05) is 17.3 Å². The standard InChI is InChI=1S/C24H19N3O2S/c1-29-17-11-7-10-16(14-17)27-22(25)21(20(24(27)28)15-8-3-2-4-9-15)23-26-18-12-5-6-13-19(18)30-23/h2-14,20,25-26H,1H3/t20-/m0/s1. The minimum absolute atomic E-state index is 0.139. The summed E-state index contributed by atoms with van der Waals surface area (Å²) < 4.78 is 5.33. The number of nitrogens with one attached hydrogen (secondary N) is 2. The fourth-order valence-electron chi connectivity index (χ4n) is 3.86. The molecule has 0 unspecified atom stereocenters. The first-order valence-corrected chi connectivity index (χ1v) is 10.4. The zero-order chi connectivity index (χ0) is 20.7. The van der Waals surface area contributed by atoms with Gasteiger partial charge in [0.25, 0.3) is 0 Å². The van der Waals surface area contributed by atoms with Crippen molar-refractivity contribution in [3.05, 3.63) is 95.0 Å². The SMILES string of the molecule is COc1cccc(N2C(=N)C(=C3Nc4ccccc4S3)[C@H](c3ccccc3)C2=O)c1. The number of fused-ring (bicyclic) bond motifs is 1. The monoisotopic (exact) mass is 413 g/mol. The van der Waals surface area contributed by atoms with Gasteiger partial charge in [0.05, 0.1) is 29.4 Å². The number of anilines is 2. The number of hydrogen-bond donors (Lipinski definition) is 2. The van der Waals surface area contributed by atoms with Crippen molar-refractivity contribution >= 4 is 34.9 Å². The molecule has 6 heteroatoms. The number of benzene rings is 3. The van der Waals surface area contributed by atoms with E-state index in [9.17, 15) is 4.79 Å². The summed E-state index contributed by atoms with van der Waals surface area (Å²) in [6.45, 7) is 0. The summed E-state index contributed by atoms with van der Waals surface area (Å²) in [5.74, 6) is 0.144. The Morgan fingerprint density at radius 3 is 2.53 bits per heavy atom. The van der Waals surface area contributed by atoms with E-state index in [1.807, 2.05) is 72.8 Å². The van der Waals surface area contributed by atoms with E-state index in [-0.39, 0.29) is 11.7 Å². The number of hydrogen-bond acceptors (Lipinski definition) is 5. The summed E-state index contributed by atoms with van der Waals surface area (Å²) in [7, 11) is 1.59. The number of carbonyl (C=O) groups excluding carboxylic acids is 1. The predicted octanol–water partition coefficient (Wildman–Crippen LogP) is 5.23. The van der Waals surface area contributed by atoms with Gasteiger partial charge in [-0.05, 0) is 29.8 Å². The third-order valence-electron chi connectivity index (χ3n) is 5.27. The molecule has 2 N–H and O–H groups in total. The summed E-state index contributed by atoms with van der Waals surface area (Å²) in [5.41, 5.74) is 3.19. The van der Waals surface area contributed by atoms with Crippen LogP contribution in [-0.2, 0) is 4.79 Å². The first kappa shape index (κ1) is 18.5. The Labute approximate surface area is 178 Å². The van der Waals surface area contributed by atoms with Gasteiger partial charge in [-0.2, -0.15) is 0 Å².